The third kappa shape index (κ3) is 8.10. The fourth-order valence-electron chi connectivity index (χ4n) is 4.14. The van der Waals surface area contributed by atoms with E-state index in [9.17, 15) is 9.59 Å². The monoisotopic (exact) mass is 578 g/mol. The molecule has 2 aromatic carbocycles. The van der Waals surface area contributed by atoms with E-state index in [1.165, 1.54) is 0 Å². The van der Waals surface area contributed by atoms with E-state index in [0.717, 1.165) is 6.42 Å². The summed E-state index contributed by atoms with van der Waals surface area (Å²) in [7, 11) is 0. The zero-order chi connectivity index (χ0) is 28.6. The van der Waals surface area contributed by atoms with E-state index in [0.29, 0.717) is 46.5 Å². The van der Waals surface area contributed by atoms with E-state index in [1.54, 1.807) is 63.2 Å². The maximum Gasteiger partial charge on any atom is 0.306 e. The van der Waals surface area contributed by atoms with Gasteiger partial charge in [0.1, 0.15) is 11.4 Å². The molecule has 3 rings (SSSR count). The summed E-state index contributed by atoms with van der Waals surface area (Å²) in [6, 6.07) is 12.1. The summed E-state index contributed by atoms with van der Waals surface area (Å²) in [4.78, 5) is 31.4. The molecule has 0 aliphatic carbocycles. The highest BCUT2D eigenvalue weighted by Crippen LogP contribution is 2.45. The van der Waals surface area contributed by atoms with Crippen molar-refractivity contribution in [2.45, 2.75) is 70.6 Å². The van der Waals surface area contributed by atoms with Crippen molar-refractivity contribution < 1.29 is 28.9 Å². The van der Waals surface area contributed by atoms with Crippen LogP contribution in [0.2, 0.25) is 10.0 Å². The molecule has 0 bridgehead atoms. The first-order valence-corrected chi connectivity index (χ1v) is 13.8. The van der Waals surface area contributed by atoms with E-state index >= 15 is 0 Å². The maximum absolute atomic E-state index is 13.8. The molecule has 10 heteroatoms. The largest absolute Gasteiger partial charge is 0.494 e. The van der Waals surface area contributed by atoms with Crippen LogP contribution >= 0.6 is 23.2 Å². The molecule has 0 fully saturated rings. The second-order valence-electron chi connectivity index (χ2n) is 10.3. The van der Waals surface area contributed by atoms with Crippen LogP contribution in [0.15, 0.2) is 47.5 Å². The molecule has 0 unspecified atom stereocenters. The Morgan fingerprint density at radius 1 is 1.15 bits per heavy atom. The van der Waals surface area contributed by atoms with Crippen LogP contribution < -0.4 is 10.1 Å². The van der Waals surface area contributed by atoms with Crippen molar-refractivity contribution >= 4 is 41.0 Å². The molecule has 1 amide bonds. The van der Waals surface area contributed by atoms with Crippen molar-refractivity contribution in [3.63, 3.8) is 0 Å². The van der Waals surface area contributed by atoms with Crippen LogP contribution in [-0.2, 0) is 19.1 Å². The molecule has 2 atom stereocenters. The SMILES string of the molecule is CCCNC(=O)[C@]1(CCC(=O)OC(C)(C)C)N=C(c2ccc(OCCCO)cc2)O[C@@H]1c1ccc(Cl)cc1Cl. The predicted molar refractivity (Wildman–Crippen MR) is 152 cm³/mol. The smallest absolute Gasteiger partial charge is 0.306 e. The van der Waals surface area contributed by atoms with E-state index < -0.39 is 23.2 Å². The van der Waals surface area contributed by atoms with E-state index in [-0.39, 0.29) is 31.3 Å². The summed E-state index contributed by atoms with van der Waals surface area (Å²) in [6.45, 7) is 8.17. The Morgan fingerprint density at radius 3 is 2.49 bits per heavy atom. The Labute approximate surface area is 239 Å². The molecule has 0 saturated heterocycles. The molecular weight excluding hydrogens is 543 g/mol. The van der Waals surface area contributed by atoms with Crippen LogP contribution in [0.4, 0.5) is 0 Å². The Kier molecular flexibility index (Phi) is 10.6. The van der Waals surface area contributed by atoms with E-state index in [4.69, 9.17) is 47.5 Å². The number of nitrogens with one attached hydrogen (secondary N) is 1. The number of hydrogen-bond acceptors (Lipinski definition) is 7. The van der Waals surface area contributed by atoms with Crippen molar-refractivity contribution in [2.75, 3.05) is 19.8 Å². The molecule has 212 valence electrons. The number of benzene rings is 2. The molecule has 0 radical (unpaired) electrons. The second-order valence-corrected chi connectivity index (χ2v) is 11.1. The topological polar surface area (TPSA) is 106 Å². The van der Waals surface area contributed by atoms with Crippen LogP contribution in [0, 0.1) is 0 Å². The number of esters is 1. The number of nitrogens with zero attached hydrogens (tertiary/aromatic N) is 1. The van der Waals surface area contributed by atoms with E-state index in [1.807, 2.05) is 6.92 Å². The number of carbonyl (C=O) groups excluding carboxylic acids is 2. The molecule has 1 aliphatic heterocycles. The minimum atomic E-state index is -1.49. The first kappa shape index (κ1) is 30.7. The molecule has 1 heterocycles. The number of ether oxygens (including phenoxy) is 3. The van der Waals surface area contributed by atoms with Gasteiger partial charge in [0, 0.05) is 47.2 Å². The normalized spacial score (nSPS) is 18.7. The Balaban J connectivity index is 2.04. The van der Waals surface area contributed by atoms with Gasteiger partial charge in [-0.05, 0) is 70.0 Å². The molecule has 2 N–H and O–H groups in total. The van der Waals surface area contributed by atoms with Crippen LogP contribution in [-0.4, -0.2) is 53.8 Å². The highest BCUT2D eigenvalue weighted by Gasteiger charge is 2.53. The number of rotatable bonds is 12. The molecule has 0 aromatic heterocycles. The second kappa shape index (κ2) is 13.5. The third-order valence-electron chi connectivity index (χ3n) is 5.94. The lowest BCUT2D eigenvalue weighted by molar-refractivity contribution is -0.155. The number of aliphatic hydroxyl groups excluding tert-OH is 1. The van der Waals surface area contributed by atoms with Crippen LogP contribution in [0.5, 0.6) is 5.75 Å². The maximum atomic E-state index is 13.8. The lowest BCUT2D eigenvalue weighted by Gasteiger charge is -2.31. The lowest BCUT2D eigenvalue weighted by Crippen LogP contribution is -2.49. The number of carbonyl (C=O) groups is 2. The van der Waals surface area contributed by atoms with Crippen LogP contribution in [0.25, 0.3) is 0 Å². The zero-order valence-electron chi connectivity index (χ0n) is 22.8. The third-order valence-corrected chi connectivity index (χ3v) is 6.50. The van der Waals surface area contributed by atoms with Gasteiger partial charge in [0.25, 0.3) is 5.91 Å². The van der Waals surface area contributed by atoms with Gasteiger partial charge in [-0.1, -0.05) is 36.2 Å². The quantitative estimate of drug-likeness (QED) is 0.248. The van der Waals surface area contributed by atoms with Crippen molar-refractivity contribution in [2.24, 2.45) is 4.99 Å². The molecule has 8 nitrogen and oxygen atoms in total. The fraction of sp³-hybridized carbons (Fsp3) is 0.483. The number of aliphatic imine (C=N–C) groups is 1. The first-order chi connectivity index (χ1) is 18.5. The zero-order valence-corrected chi connectivity index (χ0v) is 24.3. The van der Waals surface area contributed by atoms with Crippen molar-refractivity contribution in [3.8, 4) is 5.75 Å². The van der Waals surface area contributed by atoms with Crippen molar-refractivity contribution in [3.05, 3.63) is 63.6 Å². The van der Waals surface area contributed by atoms with E-state index in [2.05, 4.69) is 5.32 Å². The van der Waals surface area contributed by atoms with Crippen LogP contribution in [0.3, 0.4) is 0 Å². The van der Waals surface area contributed by atoms with Gasteiger partial charge < -0.3 is 24.6 Å². The van der Waals surface area contributed by atoms with Gasteiger partial charge in [0.15, 0.2) is 11.6 Å². The first-order valence-electron chi connectivity index (χ1n) is 13.0. The summed E-state index contributed by atoms with van der Waals surface area (Å²) in [5.41, 5.74) is -1.01. The lowest BCUT2D eigenvalue weighted by atomic mass is 9.83. The standard InChI is InChI=1S/C29H36Cl2N2O6/c1-5-15-32-27(36)29(14-13-24(35)39-28(2,3)4)25(22-12-9-20(30)18-23(22)31)38-26(33-29)19-7-10-21(11-8-19)37-17-6-16-34/h7-12,18,25,34H,5-6,13-17H2,1-4H3,(H,32,36)/t25-,29-/m1/s1. The summed E-state index contributed by atoms with van der Waals surface area (Å²) in [5.74, 6) is 0.0470. The minimum absolute atomic E-state index is 0.0347. The number of halogens is 2. The Hall–Kier alpha value is -2.81. The molecule has 2 aromatic rings. The van der Waals surface area contributed by atoms with Gasteiger partial charge in [-0.3, -0.25) is 9.59 Å². The fourth-order valence-corrected chi connectivity index (χ4v) is 4.65. The highest BCUT2D eigenvalue weighted by molar-refractivity contribution is 6.35. The molecular formula is C29H36Cl2N2O6. The summed E-state index contributed by atoms with van der Waals surface area (Å²) in [6.07, 6.45) is 0.296. The summed E-state index contributed by atoms with van der Waals surface area (Å²) < 4.78 is 17.5. The summed E-state index contributed by atoms with van der Waals surface area (Å²) >= 11 is 12.8. The minimum Gasteiger partial charge on any atom is -0.494 e. The average Bonchev–Trinajstić information content (AvgIpc) is 3.26. The van der Waals surface area contributed by atoms with Gasteiger partial charge in [-0.2, -0.15) is 0 Å². The molecule has 0 saturated carbocycles. The van der Waals surface area contributed by atoms with Gasteiger partial charge in [-0.15, -0.1) is 0 Å². The number of hydrogen-bond donors (Lipinski definition) is 2. The van der Waals surface area contributed by atoms with Crippen molar-refractivity contribution in [1.29, 1.82) is 0 Å². The van der Waals surface area contributed by atoms with Gasteiger partial charge in [-0.25, -0.2) is 4.99 Å². The molecule has 0 spiro atoms. The number of amides is 1. The highest BCUT2D eigenvalue weighted by atomic mass is 35.5. The van der Waals surface area contributed by atoms with Crippen molar-refractivity contribution in [1.82, 2.24) is 5.32 Å². The Morgan fingerprint density at radius 2 is 1.87 bits per heavy atom. The van der Waals surface area contributed by atoms with Crippen LogP contribution in [0.1, 0.15) is 70.6 Å². The average molecular weight is 580 g/mol. The molecule has 1 aliphatic rings. The Bertz CT molecular complexity index is 1180. The predicted octanol–water partition coefficient (Wildman–Crippen LogP) is 5.66. The summed E-state index contributed by atoms with van der Waals surface area (Å²) in [5, 5.41) is 12.7. The van der Waals surface area contributed by atoms with Gasteiger partial charge in [0.05, 0.1) is 6.61 Å². The number of aliphatic hydroxyl groups is 1. The molecule has 39 heavy (non-hydrogen) atoms. The van der Waals surface area contributed by atoms with Gasteiger partial charge >= 0.3 is 5.97 Å². The van der Waals surface area contributed by atoms with Gasteiger partial charge in [0.2, 0.25) is 5.90 Å².